The summed E-state index contributed by atoms with van der Waals surface area (Å²) in [6.45, 7) is 13.5. The number of fused-ring (bicyclic) bond motifs is 1. The van der Waals surface area contributed by atoms with Crippen LogP contribution in [0.2, 0.25) is 0 Å². The molecule has 2 amide bonds. The lowest BCUT2D eigenvalue weighted by Gasteiger charge is -2.36. The van der Waals surface area contributed by atoms with Gasteiger partial charge in [0.15, 0.2) is 0 Å². The summed E-state index contributed by atoms with van der Waals surface area (Å²) in [4.78, 5) is 41.6. The molecule has 1 saturated heterocycles. The van der Waals surface area contributed by atoms with E-state index in [1.54, 1.807) is 11.8 Å². The average Bonchev–Trinajstić information content (AvgIpc) is 2.96. The van der Waals surface area contributed by atoms with Gasteiger partial charge in [0, 0.05) is 11.5 Å². The number of allylic oxidation sites excluding steroid dienone is 1. The Morgan fingerprint density at radius 2 is 1.87 bits per heavy atom. The Hall–Kier alpha value is -1.89. The van der Waals surface area contributed by atoms with Gasteiger partial charge in [-0.05, 0) is 52.4 Å². The topological polar surface area (TPSA) is 95.9 Å². The summed E-state index contributed by atoms with van der Waals surface area (Å²) in [6.07, 6.45) is 5.17. The molecular weight excluding hydrogens is 396 g/mol. The van der Waals surface area contributed by atoms with Crippen LogP contribution < -0.4 is 5.32 Å². The molecule has 1 aliphatic heterocycles. The fourth-order valence-electron chi connectivity index (χ4n) is 5.05. The molecule has 0 saturated carbocycles. The first-order valence-corrected chi connectivity index (χ1v) is 11.6. The Balaban J connectivity index is 2.55. The lowest BCUT2D eigenvalue weighted by Crippen LogP contribution is -2.55. The van der Waals surface area contributed by atoms with E-state index in [1.807, 2.05) is 53.7 Å². The van der Waals surface area contributed by atoms with Crippen LogP contribution in [0.1, 0.15) is 61.3 Å². The quantitative estimate of drug-likeness (QED) is 0.450. The van der Waals surface area contributed by atoms with Crippen molar-refractivity contribution < 1.29 is 24.2 Å². The van der Waals surface area contributed by atoms with E-state index in [2.05, 4.69) is 5.32 Å². The molecule has 7 heteroatoms. The second-order valence-electron chi connectivity index (χ2n) is 10.2. The molecule has 0 spiro atoms. The minimum Gasteiger partial charge on any atom is -0.466 e. The number of hydrogen-bond acceptors (Lipinski definition) is 5. The first-order valence-electron chi connectivity index (χ1n) is 11.6. The third kappa shape index (κ3) is 5.48. The van der Waals surface area contributed by atoms with Crippen LogP contribution in [-0.4, -0.2) is 58.6 Å². The van der Waals surface area contributed by atoms with Crippen molar-refractivity contribution in [2.45, 2.75) is 78.9 Å². The van der Waals surface area contributed by atoms with E-state index in [9.17, 15) is 19.5 Å². The highest BCUT2D eigenvalue weighted by Gasteiger charge is 2.59. The number of hydrogen-bond donors (Lipinski definition) is 2. The summed E-state index contributed by atoms with van der Waals surface area (Å²) in [7, 11) is 0. The van der Waals surface area contributed by atoms with Crippen molar-refractivity contribution in [3.63, 3.8) is 0 Å². The predicted octanol–water partition coefficient (Wildman–Crippen LogP) is 2.53. The van der Waals surface area contributed by atoms with Gasteiger partial charge in [-0.15, -0.1) is 0 Å². The number of carbonyl (C=O) groups excluding carboxylic acids is 3. The van der Waals surface area contributed by atoms with Crippen LogP contribution in [0.5, 0.6) is 0 Å². The van der Waals surface area contributed by atoms with Crippen LogP contribution in [-0.2, 0) is 19.1 Å². The minimum absolute atomic E-state index is 0.117. The van der Waals surface area contributed by atoms with Crippen LogP contribution in [0.15, 0.2) is 12.2 Å². The molecule has 0 radical (unpaired) electrons. The van der Waals surface area contributed by atoms with Crippen molar-refractivity contribution in [3.05, 3.63) is 12.2 Å². The molecule has 31 heavy (non-hydrogen) atoms. The monoisotopic (exact) mass is 436 g/mol. The smallest absolute Gasteiger partial charge is 0.310 e. The molecule has 0 unspecified atom stereocenters. The SMILES string of the molecule is CCOC(=O)[C@H]1[C@@H]2C(=O)N([C@@H](CO)CC(C)C)[C@H](C(=O)NC(C)(C)C)[C@H]2C=C[C@H]1CC. The first-order chi connectivity index (χ1) is 14.5. The molecule has 0 aromatic carbocycles. The van der Waals surface area contributed by atoms with E-state index in [0.29, 0.717) is 12.8 Å². The standard InChI is InChI=1S/C24H40N2O5/c1-8-15-10-11-17-19(18(15)23(30)31-9-2)22(29)26(16(13-27)12-14(3)4)20(17)21(28)25-24(5,6)7/h10-11,14-20,27H,8-9,12-13H2,1-7H3,(H,25,28)/t15-,16-,17+,18-,19-,20+/m1/s1. The summed E-state index contributed by atoms with van der Waals surface area (Å²) >= 11 is 0. The van der Waals surface area contributed by atoms with Gasteiger partial charge in [-0.25, -0.2) is 0 Å². The van der Waals surface area contributed by atoms with Gasteiger partial charge in [0.1, 0.15) is 6.04 Å². The molecular formula is C24H40N2O5. The highest BCUT2D eigenvalue weighted by atomic mass is 16.5. The summed E-state index contributed by atoms with van der Waals surface area (Å²) < 4.78 is 5.34. The Morgan fingerprint density at radius 3 is 2.35 bits per heavy atom. The molecule has 1 fully saturated rings. The van der Waals surface area contributed by atoms with Crippen molar-refractivity contribution in [2.24, 2.45) is 29.6 Å². The number of aliphatic hydroxyl groups excluding tert-OH is 1. The van der Waals surface area contributed by atoms with Crippen LogP contribution in [0.3, 0.4) is 0 Å². The van der Waals surface area contributed by atoms with Gasteiger partial charge in [0.2, 0.25) is 11.8 Å². The number of amides is 2. The fourth-order valence-corrected chi connectivity index (χ4v) is 5.05. The molecule has 0 aromatic rings. The number of nitrogens with zero attached hydrogens (tertiary/aromatic N) is 1. The largest absolute Gasteiger partial charge is 0.466 e. The zero-order chi connectivity index (χ0) is 23.5. The lowest BCUT2D eigenvalue weighted by atomic mass is 9.69. The predicted molar refractivity (Wildman–Crippen MR) is 119 cm³/mol. The van der Waals surface area contributed by atoms with Gasteiger partial charge in [-0.3, -0.25) is 14.4 Å². The number of esters is 1. The van der Waals surface area contributed by atoms with Crippen molar-refractivity contribution in [1.29, 1.82) is 0 Å². The van der Waals surface area contributed by atoms with Crippen molar-refractivity contribution in [3.8, 4) is 0 Å². The van der Waals surface area contributed by atoms with Crippen molar-refractivity contribution in [2.75, 3.05) is 13.2 Å². The Bertz CT molecular complexity index is 697. The number of aliphatic hydroxyl groups is 1. The van der Waals surface area contributed by atoms with E-state index in [0.717, 1.165) is 0 Å². The van der Waals surface area contributed by atoms with E-state index >= 15 is 0 Å². The third-order valence-electron chi connectivity index (χ3n) is 6.19. The van der Waals surface area contributed by atoms with E-state index in [-0.39, 0.29) is 42.8 Å². The highest BCUT2D eigenvalue weighted by Crippen LogP contribution is 2.46. The Kier molecular flexibility index (Phi) is 8.31. The zero-order valence-corrected chi connectivity index (χ0v) is 20.1. The number of ether oxygens (including phenoxy) is 1. The highest BCUT2D eigenvalue weighted by molar-refractivity contribution is 5.96. The molecule has 0 bridgehead atoms. The molecule has 7 nitrogen and oxygen atoms in total. The molecule has 1 aliphatic carbocycles. The summed E-state index contributed by atoms with van der Waals surface area (Å²) in [5.41, 5.74) is -0.471. The van der Waals surface area contributed by atoms with Crippen LogP contribution >= 0.6 is 0 Å². The third-order valence-corrected chi connectivity index (χ3v) is 6.19. The zero-order valence-electron chi connectivity index (χ0n) is 20.1. The van der Waals surface area contributed by atoms with Crippen molar-refractivity contribution >= 4 is 17.8 Å². The summed E-state index contributed by atoms with van der Waals surface area (Å²) in [5.74, 6) is -2.48. The normalized spacial score (nSPS) is 29.1. The van der Waals surface area contributed by atoms with Gasteiger partial charge in [-0.1, -0.05) is 32.9 Å². The average molecular weight is 437 g/mol. The first kappa shape index (κ1) is 25.4. The van der Waals surface area contributed by atoms with Crippen molar-refractivity contribution in [1.82, 2.24) is 10.2 Å². The molecule has 1 heterocycles. The Labute approximate surface area is 186 Å². The van der Waals surface area contributed by atoms with Crippen LogP contribution in [0, 0.1) is 29.6 Å². The second-order valence-corrected chi connectivity index (χ2v) is 10.2. The summed E-state index contributed by atoms with van der Waals surface area (Å²) in [5, 5.41) is 13.1. The molecule has 2 aliphatic rings. The van der Waals surface area contributed by atoms with Crippen LogP contribution in [0.25, 0.3) is 0 Å². The second kappa shape index (κ2) is 10.2. The van der Waals surface area contributed by atoms with E-state index in [4.69, 9.17) is 4.74 Å². The maximum atomic E-state index is 13.8. The molecule has 2 rings (SSSR count). The maximum Gasteiger partial charge on any atom is 0.310 e. The number of rotatable bonds is 8. The fraction of sp³-hybridized carbons (Fsp3) is 0.792. The summed E-state index contributed by atoms with van der Waals surface area (Å²) in [6, 6.07) is -1.25. The van der Waals surface area contributed by atoms with Gasteiger partial charge in [-0.2, -0.15) is 0 Å². The number of likely N-dealkylation sites (tertiary alicyclic amines) is 1. The molecule has 176 valence electrons. The number of carbonyl (C=O) groups is 3. The van der Waals surface area contributed by atoms with Gasteiger partial charge < -0.3 is 20.1 Å². The molecule has 6 atom stereocenters. The van der Waals surface area contributed by atoms with Crippen LogP contribution in [0.4, 0.5) is 0 Å². The van der Waals surface area contributed by atoms with Gasteiger partial charge >= 0.3 is 5.97 Å². The maximum absolute atomic E-state index is 13.8. The Morgan fingerprint density at radius 1 is 1.23 bits per heavy atom. The van der Waals surface area contributed by atoms with Gasteiger partial charge in [0.05, 0.1) is 31.1 Å². The minimum atomic E-state index is -0.765. The number of nitrogens with one attached hydrogen (secondary N) is 1. The van der Waals surface area contributed by atoms with E-state index < -0.39 is 35.4 Å². The lowest BCUT2D eigenvalue weighted by molar-refractivity contribution is -0.156. The molecule has 0 aromatic heterocycles. The molecule has 2 N–H and O–H groups in total. The van der Waals surface area contributed by atoms with E-state index in [1.165, 1.54) is 0 Å². The van der Waals surface area contributed by atoms with Gasteiger partial charge in [0.25, 0.3) is 0 Å².